The molecule has 23 heavy (non-hydrogen) atoms. The maximum absolute atomic E-state index is 11.7. The van der Waals surface area contributed by atoms with Crippen LogP contribution in [0.4, 0.5) is 11.6 Å². The molecule has 9 heteroatoms. The van der Waals surface area contributed by atoms with Crippen LogP contribution in [0.25, 0.3) is 0 Å². The molecule has 0 saturated heterocycles. The molecule has 0 aliphatic carbocycles. The van der Waals surface area contributed by atoms with Crippen LogP contribution in [0.3, 0.4) is 0 Å². The zero-order valence-corrected chi connectivity index (χ0v) is 12.8. The maximum atomic E-state index is 11.7. The molecule has 1 aromatic carbocycles. The second kappa shape index (κ2) is 7.41. The van der Waals surface area contributed by atoms with E-state index in [4.69, 9.17) is 16.0 Å². The highest BCUT2D eigenvalue weighted by atomic mass is 35.5. The van der Waals surface area contributed by atoms with Crippen molar-refractivity contribution in [1.29, 1.82) is 0 Å². The molecule has 0 bridgehead atoms. The Morgan fingerprint density at radius 3 is 2.91 bits per heavy atom. The number of furan rings is 1. The number of nitro groups is 1. The standard InChI is InChI=1S/C14H13ClN4O4/c1-9-11(15)3-2-4-12(9)16-8-13(20)18-17-7-10-5-6-14(23-10)19(21)22/h2-7,16H,8H2,1H3,(H,18,20)/b17-7+. The van der Waals surface area contributed by atoms with Crippen molar-refractivity contribution in [3.8, 4) is 0 Å². The van der Waals surface area contributed by atoms with Gasteiger partial charge < -0.3 is 9.73 Å². The molecule has 0 atom stereocenters. The highest BCUT2D eigenvalue weighted by Crippen LogP contribution is 2.22. The van der Waals surface area contributed by atoms with Crippen LogP contribution >= 0.6 is 11.6 Å². The first kappa shape index (κ1) is 16.5. The fourth-order valence-electron chi connectivity index (χ4n) is 1.69. The monoisotopic (exact) mass is 336 g/mol. The van der Waals surface area contributed by atoms with Gasteiger partial charge in [-0.1, -0.05) is 17.7 Å². The molecule has 0 fully saturated rings. The van der Waals surface area contributed by atoms with E-state index < -0.39 is 10.8 Å². The van der Waals surface area contributed by atoms with Crippen molar-refractivity contribution in [3.05, 3.63) is 56.8 Å². The second-order valence-electron chi connectivity index (χ2n) is 4.49. The fourth-order valence-corrected chi connectivity index (χ4v) is 1.87. The van der Waals surface area contributed by atoms with Crippen molar-refractivity contribution in [2.75, 3.05) is 11.9 Å². The van der Waals surface area contributed by atoms with Gasteiger partial charge in [-0.2, -0.15) is 5.10 Å². The summed E-state index contributed by atoms with van der Waals surface area (Å²) in [6.07, 6.45) is 1.18. The van der Waals surface area contributed by atoms with Gasteiger partial charge in [0.2, 0.25) is 0 Å². The molecular formula is C14H13ClN4O4. The normalized spacial score (nSPS) is 10.7. The van der Waals surface area contributed by atoms with Crippen molar-refractivity contribution in [2.45, 2.75) is 6.92 Å². The summed E-state index contributed by atoms with van der Waals surface area (Å²) in [5.41, 5.74) is 3.87. The molecule has 0 spiro atoms. The Balaban J connectivity index is 1.84. The van der Waals surface area contributed by atoms with Gasteiger partial charge in [0.15, 0.2) is 5.76 Å². The number of rotatable bonds is 6. The summed E-state index contributed by atoms with van der Waals surface area (Å²) in [6, 6.07) is 7.92. The second-order valence-corrected chi connectivity index (χ2v) is 4.90. The lowest BCUT2D eigenvalue weighted by Gasteiger charge is -2.09. The molecule has 0 unspecified atom stereocenters. The average molecular weight is 337 g/mol. The van der Waals surface area contributed by atoms with Crippen molar-refractivity contribution in [1.82, 2.24) is 5.43 Å². The van der Waals surface area contributed by atoms with Crippen LogP contribution < -0.4 is 10.7 Å². The van der Waals surface area contributed by atoms with Crippen LogP contribution in [0.1, 0.15) is 11.3 Å². The molecule has 2 N–H and O–H groups in total. The van der Waals surface area contributed by atoms with Crippen LogP contribution in [0.2, 0.25) is 5.02 Å². The minimum Gasteiger partial charge on any atom is -0.400 e. The summed E-state index contributed by atoms with van der Waals surface area (Å²) in [6.45, 7) is 1.83. The summed E-state index contributed by atoms with van der Waals surface area (Å²) in [7, 11) is 0. The molecule has 8 nitrogen and oxygen atoms in total. The first-order chi connectivity index (χ1) is 11.0. The Kier molecular flexibility index (Phi) is 5.32. The Morgan fingerprint density at radius 2 is 2.22 bits per heavy atom. The van der Waals surface area contributed by atoms with Crippen molar-refractivity contribution < 1.29 is 14.1 Å². The van der Waals surface area contributed by atoms with Gasteiger partial charge in [-0.25, -0.2) is 5.43 Å². The molecule has 0 aliphatic rings. The van der Waals surface area contributed by atoms with Gasteiger partial charge in [-0.3, -0.25) is 14.9 Å². The minimum atomic E-state index is -0.660. The lowest BCUT2D eigenvalue weighted by Crippen LogP contribution is -2.26. The van der Waals surface area contributed by atoms with E-state index in [1.54, 1.807) is 18.2 Å². The van der Waals surface area contributed by atoms with Crippen LogP contribution in [0, 0.1) is 17.0 Å². The Labute approximate surface area is 136 Å². The summed E-state index contributed by atoms with van der Waals surface area (Å²) in [5, 5.41) is 17.6. The number of nitrogens with zero attached hydrogens (tertiary/aromatic N) is 2. The SMILES string of the molecule is Cc1c(Cl)cccc1NCC(=O)N/N=C/c1ccc([N+](=O)[O-])o1. The van der Waals surface area contributed by atoms with Crippen molar-refractivity contribution in [3.63, 3.8) is 0 Å². The van der Waals surface area contributed by atoms with E-state index in [1.807, 2.05) is 6.92 Å². The smallest absolute Gasteiger partial charge is 0.400 e. The number of carbonyl (C=O) groups excluding carboxylic acids is 1. The van der Waals surface area contributed by atoms with Gasteiger partial charge in [0.25, 0.3) is 5.91 Å². The predicted molar refractivity (Wildman–Crippen MR) is 85.8 cm³/mol. The number of benzene rings is 1. The molecule has 1 amide bonds. The number of hydrogen-bond donors (Lipinski definition) is 2. The van der Waals surface area contributed by atoms with Crippen LogP contribution in [0.15, 0.2) is 39.9 Å². The molecule has 1 heterocycles. The Bertz CT molecular complexity index is 757. The van der Waals surface area contributed by atoms with Gasteiger partial charge >= 0.3 is 5.88 Å². The largest absolute Gasteiger partial charge is 0.433 e. The van der Waals surface area contributed by atoms with Crippen molar-refractivity contribution in [2.24, 2.45) is 5.10 Å². The van der Waals surface area contributed by atoms with Crippen LogP contribution in [-0.2, 0) is 4.79 Å². The zero-order chi connectivity index (χ0) is 16.8. The third-order valence-electron chi connectivity index (χ3n) is 2.88. The first-order valence-electron chi connectivity index (χ1n) is 6.52. The summed E-state index contributed by atoms with van der Waals surface area (Å²) >= 11 is 5.98. The number of carbonyl (C=O) groups is 1. The van der Waals surface area contributed by atoms with E-state index in [0.29, 0.717) is 5.02 Å². The molecule has 0 aliphatic heterocycles. The lowest BCUT2D eigenvalue weighted by atomic mass is 10.2. The highest BCUT2D eigenvalue weighted by molar-refractivity contribution is 6.31. The van der Waals surface area contributed by atoms with Crippen molar-refractivity contribution >= 4 is 35.3 Å². The van der Waals surface area contributed by atoms with E-state index in [2.05, 4.69) is 15.8 Å². The first-order valence-corrected chi connectivity index (χ1v) is 6.90. The molecule has 0 saturated carbocycles. The number of hydrogen-bond acceptors (Lipinski definition) is 6. The molecule has 0 radical (unpaired) electrons. The topological polar surface area (TPSA) is 110 Å². The fraction of sp³-hybridized carbons (Fsp3) is 0.143. The summed E-state index contributed by atoms with van der Waals surface area (Å²) < 4.78 is 4.86. The van der Waals surface area contributed by atoms with Gasteiger partial charge in [0, 0.05) is 10.7 Å². The van der Waals surface area contributed by atoms with E-state index in [0.717, 1.165) is 11.3 Å². The number of nitrogens with one attached hydrogen (secondary N) is 2. The lowest BCUT2D eigenvalue weighted by molar-refractivity contribution is -0.402. The van der Waals surface area contributed by atoms with Gasteiger partial charge in [0.05, 0.1) is 18.8 Å². The zero-order valence-electron chi connectivity index (χ0n) is 12.1. The van der Waals surface area contributed by atoms with Crippen LogP contribution in [0.5, 0.6) is 0 Å². The number of halogens is 1. The number of hydrazone groups is 1. The number of amides is 1. The van der Waals surface area contributed by atoms with E-state index >= 15 is 0 Å². The van der Waals surface area contributed by atoms with E-state index in [9.17, 15) is 14.9 Å². The molecule has 1 aromatic heterocycles. The third kappa shape index (κ3) is 4.55. The molecule has 2 aromatic rings. The third-order valence-corrected chi connectivity index (χ3v) is 3.29. The van der Waals surface area contributed by atoms with Gasteiger partial charge in [0.1, 0.15) is 4.92 Å². The summed E-state index contributed by atoms with van der Waals surface area (Å²) in [5.74, 6) is -0.617. The van der Waals surface area contributed by atoms with Gasteiger partial charge in [-0.15, -0.1) is 0 Å². The van der Waals surface area contributed by atoms with E-state index in [1.165, 1.54) is 18.3 Å². The molecule has 120 valence electrons. The average Bonchev–Trinajstić information content (AvgIpc) is 2.98. The van der Waals surface area contributed by atoms with Gasteiger partial charge in [-0.05, 0) is 30.7 Å². The number of anilines is 1. The summed E-state index contributed by atoms with van der Waals surface area (Å²) in [4.78, 5) is 21.4. The predicted octanol–water partition coefficient (Wildman–Crippen LogP) is 2.71. The quantitative estimate of drug-likeness (QED) is 0.479. The highest BCUT2D eigenvalue weighted by Gasteiger charge is 2.10. The Hall–Kier alpha value is -2.87. The molecular weight excluding hydrogens is 324 g/mol. The maximum Gasteiger partial charge on any atom is 0.433 e. The van der Waals surface area contributed by atoms with Crippen LogP contribution in [-0.4, -0.2) is 23.6 Å². The minimum absolute atomic E-state index is 0.00315. The Morgan fingerprint density at radius 1 is 1.43 bits per heavy atom. The molecule has 2 rings (SSSR count). The van der Waals surface area contributed by atoms with E-state index in [-0.39, 0.29) is 18.2 Å².